The molecule has 0 saturated heterocycles. The van der Waals surface area contributed by atoms with Gasteiger partial charge < -0.3 is 0 Å². The second-order valence-electron chi connectivity index (χ2n) is 2.20. The van der Waals surface area contributed by atoms with Gasteiger partial charge in [0.1, 0.15) is 7.05 Å². The Bertz CT molecular complexity index is 235. The summed E-state index contributed by atoms with van der Waals surface area (Å²) in [5.41, 5.74) is 0. The van der Waals surface area contributed by atoms with E-state index in [0.29, 0.717) is 5.84 Å². The van der Waals surface area contributed by atoms with Crippen LogP contribution in [0.3, 0.4) is 0 Å². The quantitative estimate of drug-likeness (QED) is 0.412. The number of thiol groups is 1. The first-order chi connectivity index (χ1) is 4.54. The lowest BCUT2D eigenvalue weighted by Crippen LogP contribution is -2.37. The number of hydrogen-bond acceptors (Lipinski definition) is 3. The molecule has 1 rings (SSSR count). The third kappa shape index (κ3) is 1.10. The fraction of sp³-hybridized carbons (Fsp3) is 0.400. The summed E-state index contributed by atoms with van der Waals surface area (Å²) in [6.07, 6.45) is 1.45. The maximum absolute atomic E-state index is 10.8. The first-order valence-electron chi connectivity index (χ1n) is 2.76. The van der Waals surface area contributed by atoms with Gasteiger partial charge in [0.25, 0.3) is 0 Å². The van der Waals surface area contributed by atoms with E-state index in [1.807, 2.05) is 0 Å². The summed E-state index contributed by atoms with van der Waals surface area (Å²) in [4.78, 5) is 14.6. The highest BCUT2D eigenvalue weighted by molar-refractivity contribution is 7.96. The monoisotopic (exact) mass is 158 g/mol. The molecule has 5 heteroatoms. The van der Waals surface area contributed by atoms with Gasteiger partial charge in [0.15, 0.2) is 5.84 Å². The molecule has 0 bridgehead atoms. The Hall–Kier alpha value is -0.680. The number of rotatable bonds is 0. The highest BCUT2D eigenvalue weighted by Crippen LogP contribution is 2.11. The molecule has 10 heavy (non-hydrogen) atoms. The van der Waals surface area contributed by atoms with Crippen LogP contribution in [-0.4, -0.2) is 29.1 Å². The first kappa shape index (κ1) is 7.43. The van der Waals surface area contributed by atoms with Gasteiger partial charge in [-0.1, -0.05) is 9.69 Å². The lowest BCUT2D eigenvalue weighted by atomic mass is 10.7. The number of carbonyl (C=O) groups is 1. The normalized spacial score (nSPS) is 30.5. The molecular weight excluding hydrogens is 150 g/mol. The van der Waals surface area contributed by atoms with Crippen LogP contribution in [0, 0.1) is 0 Å². The molecule has 0 spiro atoms. The molecule has 1 unspecified atom stereocenters. The van der Waals surface area contributed by atoms with Crippen molar-refractivity contribution < 1.29 is 9.39 Å². The zero-order valence-electron chi connectivity index (χ0n) is 5.77. The summed E-state index contributed by atoms with van der Waals surface area (Å²) in [5.74, 6) is 0.602. The highest BCUT2D eigenvalue weighted by atomic mass is 32.1. The van der Waals surface area contributed by atoms with Crippen LogP contribution < -0.4 is 0 Å². The molecule has 1 aliphatic heterocycles. The molecule has 0 N–H and O–H groups in total. The fourth-order valence-corrected chi connectivity index (χ4v) is 0.737. The molecule has 0 aromatic heterocycles. The SMILES string of the molecule is CC1=N[N+](C)(C(=O)S)C=N1. The molecule has 0 radical (unpaired) electrons. The number of nitrogens with zero attached hydrogens (tertiary/aromatic N) is 3. The van der Waals surface area contributed by atoms with E-state index < -0.39 is 0 Å². The van der Waals surface area contributed by atoms with Gasteiger partial charge in [0, 0.05) is 6.92 Å². The number of amidine groups is 1. The van der Waals surface area contributed by atoms with Crippen LogP contribution in [-0.2, 0) is 0 Å². The van der Waals surface area contributed by atoms with Crippen molar-refractivity contribution in [3.63, 3.8) is 0 Å². The third-order valence-corrected chi connectivity index (χ3v) is 1.61. The first-order valence-corrected chi connectivity index (χ1v) is 3.21. The van der Waals surface area contributed by atoms with Gasteiger partial charge in [-0.2, -0.15) is 4.99 Å². The number of carbonyl (C=O) groups excluding carboxylic acids is 1. The predicted octanol–water partition coefficient (Wildman–Crippen LogP) is 0.858. The minimum Gasteiger partial charge on any atom is -0.216 e. The summed E-state index contributed by atoms with van der Waals surface area (Å²) in [6.45, 7) is 1.73. The topological polar surface area (TPSA) is 41.8 Å². The molecule has 0 aromatic carbocycles. The van der Waals surface area contributed by atoms with E-state index in [1.54, 1.807) is 14.0 Å². The summed E-state index contributed by atoms with van der Waals surface area (Å²) in [6, 6.07) is 0. The van der Waals surface area contributed by atoms with E-state index in [2.05, 4.69) is 22.7 Å². The van der Waals surface area contributed by atoms with Crippen molar-refractivity contribution in [2.24, 2.45) is 10.1 Å². The highest BCUT2D eigenvalue weighted by Gasteiger charge is 2.31. The molecular formula is C5H8N3OS+. The van der Waals surface area contributed by atoms with Gasteiger partial charge in [-0.15, -0.1) is 0 Å². The maximum Gasteiger partial charge on any atom is 0.403 e. The van der Waals surface area contributed by atoms with Crippen molar-refractivity contribution in [3.05, 3.63) is 0 Å². The standard InChI is InChI=1S/C5H7N3OS/c1-4-6-3-8(2,7-4)5(9)10/h3H,1-2H3/p+1. The molecule has 1 heterocycles. The van der Waals surface area contributed by atoms with Gasteiger partial charge in [0.05, 0.1) is 0 Å². The lowest BCUT2D eigenvalue weighted by molar-refractivity contribution is -0.724. The van der Waals surface area contributed by atoms with E-state index >= 15 is 0 Å². The van der Waals surface area contributed by atoms with Crippen LogP contribution in [0.2, 0.25) is 0 Å². The zero-order chi connectivity index (χ0) is 7.78. The molecule has 1 aliphatic rings. The summed E-state index contributed by atoms with van der Waals surface area (Å²) in [7, 11) is 1.62. The number of amides is 1. The summed E-state index contributed by atoms with van der Waals surface area (Å²) < 4.78 is -0.186. The zero-order valence-corrected chi connectivity index (χ0v) is 6.67. The Morgan fingerprint density at radius 1 is 1.80 bits per heavy atom. The molecule has 0 aliphatic carbocycles. The molecule has 54 valence electrons. The van der Waals surface area contributed by atoms with Crippen LogP contribution in [0.5, 0.6) is 0 Å². The Labute approximate surface area is 64.2 Å². The second-order valence-corrected chi connectivity index (χ2v) is 2.58. The predicted molar refractivity (Wildman–Crippen MR) is 42.2 cm³/mol. The number of hydrogen-bond donors (Lipinski definition) is 1. The lowest BCUT2D eigenvalue weighted by Gasteiger charge is -2.10. The molecule has 4 nitrogen and oxygen atoms in total. The Kier molecular flexibility index (Phi) is 1.61. The van der Waals surface area contributed by atoms with Crippen LogP contribution >= 0.6 is 12.6 Å². The molecule has 0 saturated carbocycles. The maximum atomic E-state index is 10.8. The largest absolute Gasteiger partial charge is 0.403 e. The van der Waals surface area contributed by atoms with Crippen LogP contribution in [0.15, 0.2) is 10.1 Å². The van der Waals surface area contributed by atoms with Gasteiger partial charge >= 0.3 is 5.24 Å². The Morgan fingerprint density at radius 3 is 2.60 bits per heavy atom. The van der Waals surface area contributed by atoms with Crippen LogP contribution in [0.4, 0.5) is 4.79 Å². The van der Waals surface area contributed by atoms with Gasteiger partial charge in [0.2, 0.25) is 6.34 Å². The van der Waals surface area contributed by atoms with E-state index in [-0.39, 0.29) is 9.83 Å². The van der Waals surface area contributed by atoms with Gasteiger partial charge in [-0.3, -0.25) is 0 Å². The van der Waals surface area contributed by atoms with Crippen molar-refractivity contribution in [2.45, 2.75) is 6.92 Å². The molecule has 0 aromatic rings. The second kappa shape index (κ2) is 2.17. The fourth-order valence-electron chi connectivity index (χ4n) is 0.640. The van der Waals surface area contributed by atoms with Crippen LogP contribution in [0.1, 0.15) is 6.92 Å². The molecule has 0 fully saturated rings. The van der Waals surface area contributed by atoms with E-state index in [0.717, 1.165) is 0 Å². The Balaban J connectivity index is 2.95. The number of quaternary nitrogens is 1. The summed E-state index contributed by atoms with van der Waals surface area (Å²) in [5, 5.41) is 3.59. The van der Waals surface area contributed by atoms with Crippen molar-refractivity contribution in [1.29, 1.82) is 0 Å². The van der Waals surface area contributed by atoms with Crippen molar-refractivity contribution in [1.82, 2.24) is 0 Å². The van der Waals surface area contributed by atoms with Crippen LogP contribution in [0.25, 0.3) is 0 Å². The average Bonchev–Trinajstić information content (AvgIpc) is 2.13. The minimum atomic E-state index is -0.333. The van der Waals surface area contributed by atoms with E-state index in [9.17, 15) is 4.79 Å². The van der Waals surface area contributed by atoms with Crippen molar-refractivity contribution >= 4 is 30.0 Å². The molecule has 1 amide bonds. The smallest absolute Gasteiger partial charge is 0.216 e. The summed E-state index contributed by atoms with van der Waals surface area (Å²) >= 11 is 3.65. The van der Waals surface area contributed by atoms with Gasteiger partial charge in [-0.05, 0) is 12.6 Å². The van der Waals surface area contributed by atoms with E-state index in [4.69, 9.17) is 0 Å². The van der Waals surface area contributed by atoms with Crippen molar-refractivity contribution in [3.8, 4) is 0 Å². The van der Waals surface area contributed by atoms with E-state index in [1.165, 1.54) is 6.34 Å². The molecule has 1 atom stereocenters. The van der Waals surface area contributed by atoms with Crippen molar-refractivity contribution in [2.75, 3.05) is 7.05 Å². The third-order valence-electron chi connectivity index (χ3n) is 1.21. The average molecular weight is 158 g/mol. The number of aliphatic imine (C=N–C) groups is 1. The minimum absolute atomic E-state index is 0.186. The Morgan fingerprint density at radius 2 is 2.40 bits per heavy atom. The van der Waals surface area contributed by atoms with Gasteiger partial charge in [-0.25, -0.2) is 4.79 Å².